The first kappa shape index (κ1) is 11.9. The lowest BCUT2D eigenvalue weighted by Crippen LogP contribution is -2.20. The van der Waals surface area contributed by atoms with Crippen LogP contribution in [-0.2, 0) is 0 Å². The molecule has 2 aliphatic rings. The molecule has 90 valence electrons. The second kappa shape index (κ2) is 5.67. The highest BCUT2D eigenvalue weighted by Gasteiger charge is 2.13. The topological polar surface area (TPSA) is 3.24 Å². The monoisotopic (exact) mass is 219 g/mol. The number of nitrogens with zero attached hydrogens (tertiary/aromatic N) is 1. The van der Waals surface area contributed by atoms with Crippen molar-refractivity contribution < 1.29 is 0 Å². The summed E-state index contributed by atoms with van der Waals surface area (Å²) in [6, 6.07) is 0. The summed E-state index contributed by atoms with van der Waals surface area (Å²) in [4.78, 5) is 2.62. The summed E-state index contributed by atoms with van der Waals surface area (Å²) >= 11 is 0. The van der Waals surface area contributed by atoms with Crippen molar-refractivity contribution in [3.8, 4) is 0 Å². The Morgan fingerprint density at radius 1 is 1.25 bits per heavy atom. The van der Waals surface area contributed by atoms with E-state index in [1.807, 2.05) is 0 Å². The lowest BCUT2D eigenvalue weighted by atomic mass is 9.88. The van der Waals surface area contributed by atoms with Crippen molar-refractivity contribution in [2.24, 2.45) is 5.92 Å². The van der Waals surface area contributed by atoms with Gasteiger partial charge in [-0.15, -0.1) is 0 Å². The van der Waals surface area contributed by atoms with Crippen LogP contribution in [-0.4, -0.2) is 24.5 Å². The molecule has 1 heterocycles. The number of likely N-dealkylation sites (tertiary alicyclic amines) is 1. The Balaban J connectivity index is 1.70. The van der Waals surface area contributed by atoms with Crippen molar-refractivity contribution in [1.29, 1.82) is 0 Å². The minimum atomic E-state index is 0.770. The molecule has 16 heavy (non-hydrogen) atoms. The molecule has 0 radical (unpaired) electrons. The van der Waals surface area contributed by atoms with Gasteiger partial charge in [0.15, 0.2) is 0 Å². The third kappa shape index (κ3) is 3.21. The van der Waals surface area contributed by atoms with Gasteiger partial charge in [0.1, 0.15) is 0 Å². The van der Waals surface area contributed by atoms with Crippen LogP contribution in [0.2, 0.25) is 0 Å². The van der Waals surface area contributed by atoms with Crippen LogP contribution >= 0.6 is 0 Å². The molecule has 0 bridgehead atoms. The van der Waals surface area contributed by atoms with Crippen LogP contribution in [0, 0.1) is 5.92 Å². The Morgan fingerprint density at radius 3 is 2.69 bits per heavy atom. The molecule has 1 saturated heterocycles. The molecular weight excluding hydrogens is 194 g/mol. The van der Waals surface area contributed by atoms with Crippen molar-refractivity contribution in [3.05, 3.63) is 23.3 Å². The van der Waals surface area contributed by atoms with Gasteiger partial charge in [-0.3, -0.25) is 0 Å². The zero-order chi connectivity index (χ0) is 11.4. The first-order valence-corrected chi connectivity index (χ1v) is 6.84. The third-order valence-electron chi connectivity index (χ3n) is 4.10. The first-order chi connectivity index (χ1) is 7.75. The Hall–Kier alpha value is -0.560. The number of hydrogen-bond donors (Lipinski definition) is 0. The molecule has 1 fully saturated rings. The van der Waals surface area contributed by atoms with Crippen molar-refractivity contribution in [3.63, 3.8) is 0 Å². The summed E-state index contributed by atoms with van der Waals surface area (Å²) in [6.45, 7) is 8.60. The lowest BCUT2D eigenvalue weighted by Gasteiger charge is -2.20. The van der Waals surface area contributed by atoms with E-state index in [1.165, 1.54) is 51.7 Å². The fourth-order valence-electron chi connectivity index (χ4n) is 2.76. The van der Waals surface area contributed by atoms with Gasteiger partial charge in [-0.25, -0.2) is 0 Å². The van der Waals surface area contributed by atoms with E-state index < -0.39 is 0 Å². The normalized spacial score (nSPS) is 26.8. The second-order valence-electron chi connectivity index (χ2n) is 5.49. The number of rotatable bonds is 4. The van der Waals surface area contributed by atoms with Gasteiger partial charge >= 0.3 is 0 Å². The van der Waals surface area contributed by atoms with E-state index in [4.69, 9.17) is 0 Å². The Kier molecular flexibility index (Phi) is 4.22. The zero-order valence-electron chi connectivity index (χ0n) is 10.8. The molecule has 1 atom stereocenters. The molecule has 1 aliphatic heterocycles. The SMILES string of the molecule is CC1=CC=C(CCCN2CCCC2)CC1C. The molecule has 1 aliphatic carbocycles. The average Bonchev–Trinajstić information content (AvgIpc) is 2.76. The lowest BCUT2D eigenvalue weighted by molar-refractivity contribution is 0.333. The van der Waals surface area contributed by atoms with Crippen molar-refractivity contribution in [2.45, 2.75) is 46.0 Å². The van der Waals surface area contributed by atoms with Gasteiger partial charge < -0.3 is 4.90 Å². The number of allylic oxidation sites excluding steroid dienone is 4. The Labute approximate surface area is 100 Å². The van der Waals surface area contributed by atoms with Gasteiger partial charge in [-0.1, -0.05) is 30.2 Å². The maximum atomic E-state index is 2.62. The standard InChI is InChI=1S/C15H25N/c1-13-7-8-15(12-14(13)2)6-5-11-16-9-3-4-10-16/h7-8,14H,3-6,9-12H2,1-2H3. The minimum absolute atomic E-state index is 0.770. The fraction of sp³-hybridized carbons (Fsp3) is 0.733. The highest BCUT2D eigenvalue weighted by atomic mass is 15.1. The van der Waals surface area contributed by atoms with Gasteiger partial charge in [0, 0.05) is 0 Å². The average molecular weight is 219 g/mol. The first-order valence-electron chi connectivity index (χ1n) is 6.84. The van der Waals surface area contributed by atoms with E-state index >= 15 is 0 Å². The van der Waals surface area contributed by atoms with Crippen molar-refractivity contribution in [1.82, 2.24) is 4.90 Å². The summed E-state index contributed by atoms with van der Waals surface area (Å²) < 4.78 is 0. The quantitative estimate of drug-likeness (QED) is 0.695. The molecule has 0 aromatic rings. The van der Waals surface area contributed by atoms with E-state index in [0.717, 1.165) is 5.92 Å². The van der Waals surface area contributed by atoms with Gasteiger partial charge in [-0.2, -0.15) is 0 Å². The summed E-state index contributed by atoms with van der Waals surface area (Å²) in [5.41, 5.74) is 3.21. The van der Waals surface area contributed by atoms with Crippen LogP contribution in [0.1, 0.15) is 46.0 Å². The second-order valence-corrected chi connectivity index (χ2v) is 5.49. The summed E-state index contributed by atoms with van der Waals surface area (Å²) in [5.74, 6) is 0.770. The molecule has 0 saturated carbocycles. The highest BCUT2D eigenvalue weighted by Crippen LogP contribution is 2.27. The van der Waals surface area contributed by atoms with Crippen molar-refractivity contribution >= 4 is 0 Å². The molecular formula is C15H25N. The molecule has 1 unspecified atom stereocenters. The summed E-state index contributed by atoms with van der Waals surface area (Å²) in [6.07, 6.45) is 11.5. The van der Waals surface area contributed by atoms with E-state index in [2.05, 4.69) is 30.9 Å². The third-order valence-corrected chi connectivity index (χ3v) is 4.10. The van der Waals surface area contributed by atoms with E-state index in [9.17, 15) is 0 Å². The molecule has 0 aromatic heterocycles. The van der Waals surface area contributed by atoms with Crippen LogP contribution < -0.4 is 0 Å². The summed E-state index contributed by atoms with van der Waals surface area (Å²) in [5, 5.41) is 0. The van der Waals surface area contributed by atoms with E-state index in [-0.39, 0.29) is 0 Å². The van der Waals surface area contributed by atoms with E-state index in [1.54, 1.807) is 11.1 Å². The van der Waals surface area contributed by atoms with Crippen LogP contribution in [0.4, 0.5) is 0 Å². The van der Waals surface area contributed by atoms with Gasteiger partial charge in [0.25, 0.3) is 0 Å². The maximum absolute atomic E-state index is 2.62. The predicted molar refractivity (Wildman–Crippen MR) is 70.5 cm³/mol. The minimum Gasteiger partial charge on any atom is -0.303 e. The van der Waals surface area contributed by atoms with E-state index in [0.29, 0.717) is 0 Å². The molecule has 1 heteroatoms. The molecule has 0 N–H and O–H groups in total. The van der Waals surface area contributed by atoms with Crippen LogP contribution in [0.3, 0.4) is 0 Å². The van der Waals surface area contributed by atoms with Gasteiger partial charge in [0.2, 0.25) is 0 Å². The fourth-order valence-corrected chi connectivity index (χ4v) is 2.76. The van der Waals surface area contributed by atoms with Crippen LogP contribution in [0.5, 0.6) is 0 Å². The highest BCUT2D eigenvalue weighted by molar-refractivity contribution is 5.24. The molecule has 1 nitrogen and oxygen atoms in total. The molecule has 0 aromatic carbocycles. The maximum Gasteiger partial charge on any atom is -0.00157 e. The van der Waals surface area contributed by atoms with Gasteiger partial charge in [-0.05, 0) is 64.6 Å². The molecule has 2 rings (SSSR count). The number of hydrogen-bond acceptors (Lipinski definition) is 1. The largest absolute Gasteiger partial charge is 0.303 e. The Bertz CT molecular complexity index is 282. The van der Waals surface area contributed by atoms with Crippen molar-refractivity contribution in [2.75, 3.05) is 19.6 Å². The summed E-state index contributed by atoms with van der Waals surface area (Å²) in [7, 11) is 0. The predicted octanol–water partition coefficient (Wildman–Crippen LogP) is 3.77. The molecule has 0 amide bonds. The smallest absolute Gasteiger partial charge is 0.00157 e. The van der Waals surface area contributed by atoms with Crippen LogP contribution in [0.15, 0.2) is 23.3 Å². The zero-order valence-corrected chi connectivity index (χ0v) is 10.8. The Morgan fingerprint density at radius 2 is 2.00 bits per heavy atom. The van der Waals surface area contributed by atoms with Crippen LogP contribution in [0.25, 0.3) is 0 Å². The molecule has 0 spiro atoms. The van der Waals surface area contributed by atoms with Gasteiger partial charge in [0.05, 0.1) is 0 Å².